The van der Waals surface area contributed by atoms with Crippen molar-refractivity contribution in [1.82, 2.24) is 10.3 Å². The van der Waals surface area contributed by atoms with Gasteiger partial charge in [0.1, 0.15) is 10.8 Å². The van der Waals surface area contributed by atoms with E-state index in [1.807, 2.05) is 0 Å². The van der Waals surface area contributed by atoms with Crippen LogP contribution < -0.4 is 11.1 Å². The first kappa shape index (κ1) is 9.95. The summed E-state index contributed by atoms with van der Waals surface area (Å²) < 4.78 is 0. The zero-order chi connectivity index (χ0) is 9.68. The Morgan fingerprint density at radius 1 is 1.62 bits per heavy atom. The maximum atomic E-state index is 11.3. The van der Waals surface area contributed by atoms with E-state index in [0.29, 0.717) is 23.9 Å². The molecule has 13 heavy (non-hydrogen) atoms. The third-order valence-electron chi connectivity index (χ3n) is 1.38. The second kappa shape index (κ2) is 4.79. The Balaban J connectivity index is 2.66. The topological polar surface area (TPSA) is 68.0 Å². The van der Waals surface area contributed by atoms with Crippen LogP contribution in [0.4, 0.5) is 0 Å². The quantitative estimate of drug-likeness (QED) is 0.694. The number of hydrogen-bond donors (Lipinski definition) is 2. The third-order valence-corrected chi connectivity index (χ3v) is 1.59. The van der Waals surface area contributed by atoms with Crippen LogP contribution in [0.1, 0.15) is 10.5 Å². The van der Waals surface area contributed by atoms with E-state index < -0.39 is 0 Å². The third kappa shape index (κ3) is 3.01. The molecule has 1 amide bonds. The predicted octanol–water partition coefficient (Wildman–Crippen LogP) is 0.423. The minimum absolute atomic E-state index is 0.257. The highest BCUT2D eigenvalue weighted by atomic mass is 35.5. The van der Waals surface area contributed by atoms with Gasteiger partial charge in [0.15, 0.2) is 0 Å². The van der Waals surface area contributed by atoms with Crippen LogP contribution >= 0.6 is 11.6 Å². The van der Waals surface area contributed by atoms with Crippen LogP contribution in [-0.4, -0.2) is 24.0 Å². The van der Waals surface area contributed by atoms with Crippen molar-refractivity contribution in [2.45, 2.75) is 0 Å². The van der Waals surface area contributed by atoms with Gasteiger partial charge in [-0.1, -0.05) is 17.7 Å². The fourth-order valence-corrected chi connectivity index (χ4v) is 0.975. The fourth-order valence-electron chi connectivity index (χ4n) is 0.811. The monoisotopic (exact) mass is 199 g/mol. The Morgan fingerprint density at radius 3 is 3.00 bits per heavy atom. The molecule has 0 radical (unpaired) electrons. The van der Waals surface area contributed by atoms with Crippen LogP contribution in [0.15, 0.2) is 18.2 Å². The molecule has 5 heteroatoms. The summed E-state index contributed by atoms with van der Waals surface area (Å²) in [7, 11) is 0. The minimum Gasteiger partial charge on any atom is -0.349 e. The number of carbonyl (C=O) groups is 1. The number of nitrogens with zero attached hydrogens (tertiary/aromatic N) is 1. The second-order valence-corrected chi connectivity index (χ2v) is 2.78. The van der Waals surface area contributed by atoms with Crippen molar-refractivity contribution in [2.24, 2.45) is 5.73 Å². The molecule has 70 valence electrons. The van der Waals surface area contributed by atoms with Crippen molar-refractivity contribution < 1.29 is 4.79 Å². The normalized spacial score (nSPS) is 9.69. The van der Waals surface area contributed by atoms with Crippen LogP contribution in [0.2, 0.25) is 5.15 Å². The van der Waals surface area contributed by atoms with Gasteiger partial charge in [-0.05, 0) is 12.1 Å². The van der Waals surface area contributed by atoms with Crippen LogP contribution in [0.3, 0.4) is 0 Å². The van der Waals surface area contributed by atoms with Crippen LogP contribution in [-0.2, 0) is 0 Å². The molecule has 0 aliphatic carbocycles. The number of pyridine rings is 1. The Hall–Kier alpha value is -1.13. The molecule has 3 N–H and O–H groups in total. The summed E-state index contributed by atoms with van der Waals surface area (Å²) in [6.45, 7) is 0.847. The van der Waals surface area contributed by atoms with E-state index in [0.717, 1.165) is 0 Å². The number of hydrogen-bond acceptors (Lipinski definition) is 3. The summed E-state index contributed by atoms with van der Waals surface area (Å²) in [5, 5.41) is 2.90. The van der Waals surface area contributed by atoms with Gasteiger partial charge in [-0.25, -0.2) is 4.98 Å². The molecule has 0 saturated carbocycles. The summed E-state index contributed by atoms with van der Waals surface area (Å²) in [5.74, 6) is -0.257. The smallest absolute Gasteiger partial charge is 0.269 e. The standard InChI is InChI=1S/C8H10ClN3O/c9-7-3-1-2-6(12-7)8(13)11-5-4-10/h1-3H,4-5,10H2,(H,11,13). The van der Waals surface area contributed by atoms with Crippen LogP contribution in [0, 0.1) is 0 Å². The summed E-state index contributed by atoms with van der Waals surface area (Å²) in [6.07, 6.45) is 0. The molecule has 4 nitrogen and oxygen atoms in total. The molecule has 0 fully saturated rings. The SMILES string of the molecule is NCCNC(=O)c1cccc(Cl)n1. The molecule has 1 aromatic heterocycles. The molecule has 0 aliphatic rings. The number of nitrogens with one attached hydrogen (secondary N) is 1. The molecule has 1 aromatic rings. The van der Waals surface area contributed by atoms with Gasteiger partial charge in [-0.15, -0.1) is 0 Å². The molecule has 0 spiro atoms. The van der Waals surface area contributed by atoms with Gasteiger partial charge in [-0.2, -0.15) is 0 Å². The van der Waals surface area contributed by atoms with Crippen molar-refractivity contribution in [3.8, 4) is 0 Å². The predicted molar refractivity (Wildman–Crippen MR) is 50.6 cm³/mol. The molecule has 1 heterocycles. The highest BCUT2D eigenvalue weighted by Crippen LogP contribution is 2.04. The molecular formula is C8H10ClN3O. The number of halogens is 1. The van der Waals surface area contributed by atoms with Crippen LogP contribution in [0.25, 0.3) is 0 Å². The lowest BCUT2D eigenvalue weighted by Gasteiger charge is -2.01. The lowest BCUT2D eigenvalue weighted by atomic mass is 10.3. The van der Waals surface area contributed by atoms with Gasteiger partial charge in [0.2, 0.25) is 0 Å². The van der Waals surface area contributed by atoms with Gasteiger partial charge < -0.3 is 11.1 Å². The van der Waals surface area contributed by atoms with E-state index in [4.69, 9.17) is 17.3 Å². The molecule has 1 rings (SSSR count). The Bertz CT molecular complexity index is 303. The minimum atomic E-state index is -0.257. The molecule has 0 aromatic carbocycles. The number of nitrogens with two attached hydrogens (primary N) is 1. The van der Waals surface area contributed by atoms with Crippen LogP contribution in [0.5, 0.6) is 0 Å². The number of rotatable bonds is 3. The summed E-state index contributed by atoms with van der Waals surface area (Å²) in [5.41, 5.74) is 5.53. The van der Waals surface area contributed by atoms with Crippen molar-refractivity contribution in [3.05, 3.63) is 29.0 Å². The van der Waals surface area contributed by atoms with Gasteiger partial charge >= 0.3 is 0 Å². The maximum Gasteiger partial charge on any atom is 0.269 e. The summed E-state index contributed by atoms with van der Waals surface area (Å²) in [6, 6.07) is 4.88. The van der Waals surface area contributed by atoms with Crippen molar-refractivity contribution in [1.29, 1.82) is 0 Å². The lowest BCUT2D eigenvalue weighted by Crippen LogP contribution is -2.29. The van der Waals surface area contributed by atoms with Gasteiger partial charge in [0.05, 0.1) is 0 Å². The fraction of sp³-hybridized carbons (Fsp3) is 0.250. The van der Waals surface area contributed by atoms with E-state index in [1.165, 1.54) is 0 Å². The average molecular weight is 200 g/mol. The van der Waals surface area contributed by atoms with Gasteiger partial charge in [0.25, 0.3) is 5.91 Å². The maximum absolute atomic E-state index is 11.3. The zero-order valence-electron chi connectivity index (χ0n) is 6.96. The first-order valence-electron chi connectivity index (χ1n) is 3.85. The first-order valence-corrected chi connectivity index (χ1v) is 4.22. The largest absolute Gasteiger partial charge is 0.349 e. The zero-order valence-corrected chi connectivity index (χ0v) is 7.71. The number of carbonyl (C=O) groups excluding carboxylic acids is 1. The summed E-state index contributed by atoms with van der Waals surface area (Å²) in [4.78, 5) is 15.1. The number of aromatic nitrogens is 1. The van der Waals surface area contributed by atoms with Gasteiger partial charge in [0, 0.05) is 13.1 Å². The first-order chi connectivity index (χ1) is 6.24. The molecular weight excluding hydrogens is 190 g/mol. The van der Waals surface area contributed by atoms with Crippen molar-refractivity contribution in [3.63, 3.8) is 0 Å². The van der Waals surface area contributed by atoms with Gasteiger partial charge in [-0.3, -0.25) is 4.79 Å². The Morgan fingerprint density at radius 2 is 2.38 bits per heavy atom. The Labute approximate surface area is 81.1 Å². The summed E-state index contributed by atoms with van der Waals surface area (Å²) >= 11 is 5.61. The molecule has 0 saturated heterocycles. The van der Waals surface area contributed by atoms with E-state index >= 15 is 0 Å². The molecule has 0 aliphatic heterocycles. The van der Waals surface area contributed by atoms with E-state index in [-0.39, 0.29) is 5.91 Å². The molecule has 0 bridgehead atoms. The van der Waals surface area contributed by atoms with E-state index in [2.05, 4.69) is 10.3 Å². The highest BCUT2D eigenvalue weighted by molar-refractivity contribution is 6.29. The second-order valence-electron chi connectivity index (χ2n) is 2.39. The lowest BCUT2D eigenvalue weighted by molar-refractivity contribution is 0.0950. The Kier molecular flexibility index (Phi) is 3.67. The van der Waals surface area contributed by atoms with E-state index in [9.17, 15) is 4.79 Å². The molecule has 0 unspecified atom stereocenters. The van der Waals surface area contributed by atoms with E-state index in [1.54, 1.807) is 18.2 Å². The number of amides is 1. The van der Waals surface area contributed by atoms with Crippen molar-refractivity contribution in [2.75, 3.05) is 13.1 Å². The highest BCUT2D eigenvalue weighted by Gasteiger charge is 2.05. The van der Waals surface area contributed by atoms with Crippen molar-refractivity contribution >= 4 is 17.5 Å². The molecule has 0 atom stereocenters. The average Bonchev–Trinajstić information content (AvgIpc) is 2.14.